The molecule has 0 spiro atoms. The molecule has 2 aromatic rings. The summed E-state index contributed by atoms with van der Waals surface area (Å²) in [6.45, 7) is 1.54. The fourth-order valence-corrected chi connectivity index (χ4v) is 3.60. The van der Waals surface area contributed by atoms with E-state index in [1.165, 1.54) is 32.2 Å². The maximum Gasteiger partial charge on any atom is 0.339 e. The second-order valence-electron chi connectivity index (χ2n) is 4.42. The van der Waals surface area contributed by atoms with Gasteiger partial charge in [-0.05, 0) is 65.4 Å². The Bertz CT molecular complexity index is 814. The summed E-state index contributed by atoms with van der Waals surface area (Å²) < 4.78 is 35.5. The van der Waals surface area contributed by atoms with E-state index in [0.717, 1.165) is 3.57 Å². The van der Waals surface area contributed by atoms with Gasteiger partial charge in [-0.25, -0.2) is 4.79 Å². The Balaban J connectivity index is 2.44. The third-order valence-electron chi connectivity index (χ3n) is 2.96. The van der Waals surface area contributed by atoms with Gasteiger partial charge in [-0.15, -0.1) is 0 Å². The lowest BCUT2D eigenvalue weighted by Gasteiger charge is -2.11. The summed E-state index contributed by atoms with van der Waals surface area (Å²) >= 11 is 2.06. The number of hydrogen-bond donors (Lipinski definition) is 0. The fourth-order valence-electron chi connectivity index (χ4n) is 1.91. The lowest BCUT2D eigenvalue weighted by Crippen LogP contribution is -2.14. The van der Waals surface area contributed by atoms with Crippen LogP contribution in [0.25, 0.3) is 0 Å². The number of benzene rings is 2. The van der Waals surface area contributed by atoms with Gasteiger partial charge < -0.3 is 8.92 Å². The van der Waals surface area contributed by atoms with E-state index in [9.17, 15) is 13.2 Å². The molecule has 0 aliphatic carbocycles. The van der Waals surface area contributed by atoms with Crippen molar-refractivity contribution in [2.45, 2.75) is 11.8 Å². The van der Waals surface area contributed by atoms with Crippen LogP contribution in [0.1, 0.15) is 15.9 Å². The van der Waals surface area contributed by atoms with Crippen LogP contribution >= 0.6 is 22.6 Å². The molecule has 0 bridgehead atoms. The minimum absolute atomic E-state index is 0.0609. The summed E-state index contributed by atoms with van der Waals surface area (Å²) in [5.74, 6) is -0.376. The molecule has 0 saturated heterocycles. The van der Waals surface area contributed by atoms with Crippen molar-refractivity contribution in [3.05, 3.63) is 57.2 Å². The molecule has 0 radical (unpaired) electrons. The van der Waals surface area contributed by atoms with Gasteiger partial charge in [-0.2, -0.15) is 8.42 Å². The van der Waals surface area contributed by atoms with Gasteiger partial charge in [0.15, 0.2) is 0 Å². The molecule has 0 fully saturated rings. The van der Waals surface area contributed by atoms with Crippen molar-refractivity contribution >= 4 is 38.7 Å². The van der Waals surface area contributed by atoms with Gasteiger partial charge in [0.05, 0.1) is 12.7 Å². The Morgan fingerprint density at radius 3 is 2.45 bits per heavy atom. The van der Waals surface area contributed by atoms with Crippen molar-refractivity contribution in [1.82, 2.24) is 0 Å². The molecule has 5 nitrogen and oxygen atoms in total. The van der Waals surface area contributed by atoms with Crippen LogP contribution in [-0.4, -0.2) is 21.5 Å². The average Bonchev–Trinajstić information content (AvgIpc) is 2.46. The molecule has 0 unspecified atom stereocenters. The summed E-state index contributed by atoms with van der Waals surface area (Å²) in [5.41, 5.74) is 0.481. The first kappa shape index (κ1) is 16.8. The summed E-state index contributed by atoms with van der Waals surface area (Å²) in [4.78, 5) is 11.6. The van der Waals surface area contributed by atoms with Crippen LogP contribution in [0.2, 0.25) is 0 Å². The van der Waals surface area contributed by atoms with Crippen LogP contribution in [0.15, 0.2) is 47.4 Å². The largest absolute Gasteiger partial charge is 0.465 e. The molecule has 0 aliphatic heterocycles. The third-order valence-corrected chi connectivity index (χ3v) is 5.02. The van der Waals surface area contributed by atoms with Crippen molar-refractivity contribution in [1.29, 1.82) is 0 Å². The monoisotopic (exact) mass is 432 g/mol. The highest BCUT2D eigenvalue weighted by atomic mass is 127. The normalized spacial score (nSPS) is 11.0. The topological polar surface area (TPSA) is 69.7 Å². The number of esters is 1. The number of hydrogen-bond acceptors (Lipinski definition) is 5. The standard InChI is InChI=1S/C15H13IO5S/c1-10-13(15(17)20-2)7-4-8-14(10)22(18,19)21-12-6-3-5-11(16)9-12/h3-9H,1-2H3. The number of carbonyl (C=O) groups is 1. The van der Waals surface area contributed by atoms with E-state index >= 15 is 0 Å². The Kier molecular flexibility index (Phi) is 5.07. The molecule has 2 aromatic carbocycles. The molecule has 0 aliphatic rings. The summed E-state index contributed by atoms with van der Waals surface area (Å²) in [5, 5.41) is 0. The molecular formula is C15H13IO5S. The van der Waals surface area contributed by atoms with Crippen LogP contribution in [0.4, 0.5) is 0 Å². The molecule has 22 heavy (non-hydrogen) atoms. The zero-order valence-corrected chi connectivity index (χ0v) is 14.8. The van der Waals surface area contributed by atoms with E-state index in [1.807, 2.05) is 6.07 Å². The molecule has 0 atom stereocenters. The first-order chi connectivity index (χ1) is 10.3. The van der Waals surface area contributed by atoms with E-state index in [2.05, 4.69) is 27.3 Å². The zero-order valence-electron chi connectivity index (χ0n) is 11.9. The molecule has 7 heteroatoms. The quantitative estimate of drug-likeness (QED) is 0.422. The van der Waals surface area contributed by atoms with E-state index in [1.54, 1.807) is 18.2 Å². The average molecular weight is 432 g/mol. The van der Waals surface area contributed by atoms with Gasteiger partial charge in [0, 0.05) is 3.57 Å². The summed E-state index contributed by atoms with van der Waals surface area (Å²) in [7, 11) is -2.79. The first-order valence-electron chi connectivity index (χ1n) is 6.23. The number of rotatable bonds is 4. The van der Waals surface area contributed by atoms with E-state index in [4.69, 9.17) is 4.18 Å². The molecule has 0 N–H and O–H groups in total. The fraction of sp³-hybridized carbons (Fsp3) is 0.133. The molecule has 116 valence electrons. The number of methoxy groups -OCH3 is 1. The van der Waals surface area contributed by atoms with Gasteiger partial charge in [0.2, 0.25) is 0 Å². The van der Waals surface area contributed by atoms with Crippen molar-refractivity contribution in [3.8, 4) is 5.75 Å². The number of ether oxygens (including phenoxy) is 1. The SMILES string of the molecule is COC(=O)c1cccc(S(=O)(=O)Oc2cccc(I)c2)c1C. The molecule has 0 amide bonds. The number of halogens is 1. The first-order valence-corrected chi connectivity index (χ1v) is 8.72. The van der Waals surface area contributed by atoms with Crippen molar-refractivity contribution < 1.29 is 22.1 Å². The maximum absolute atomic E-state index is 12.4. The van der Waals surface area contributed by atoms with Gasteiger partial charge in [0.25, 0.3) is 0 Å². The second-order valence-corrected chi connectivity index (χ2v) is 7.18. The van der Waals surface area contributed by atoms with Crippen molar-refractivity contribution in [2.75, 3.05) is 7.11 Å². The minimum Gasteiger partial charge on any atom is -0.465 e. The number of carbonyl (C=O) groups excluding carboxylic acids is 1. The van der Waals surface area contributed by atoms with E-state index < -0.39 is 16.1 Å². The highest BCUT2D eigenvalue weighted by Crippen LogP contribution is 2.24. The van der Waals surface area contributed by atoms with Crippen LogP contribution < -0.4 is 4.18 Å². The summed E-state index contributed by atoms with van der Waals surface area (Å²) in [6.07, 6.45) is 0. The molecule has 2 rings (SSSR count). The smallest absolute Gasteiger partial charge is 0.339 e. The maximum atomic E-state index is 12.4. The van der Waals surface area contributed by atoms with Crippen molar-refractivity contribution in [3.63, 3.8) is 0 Å². The predicted molar refractivity (Wildman–Crippen MR) is 89.5 cm³/mol. The third kappa shape index (κ3) is 3.58. The second kappa shape index (κ2) is 6.66. The van der Waals surface area contributed by atoms with Crippen LogP contribution in [0.5, 0.6) is 5.75 Å². The van der Waals surface area contributed by atoms with Gasteiger partial charge in [-0.3, -0.25) is 0 Å². The van der Waals surface area contributed by atoms with Crippen molar-refractivity contribution in [2.24, 2.45) is 0 Å². The van der Waals surface area contributed by atoms with Crippen LogP contribution in [-0.2, 0) is 14.9 Å². The molecule has 0 heterocycles. The van der Waals surface area contributed by atoms with Gasteiger partial charge >= 0.3 is 16.1 Å². The van der Waals surface area contributed by atoms with E-state index in [-0.39, 0.29) is 16.2 Å². The summed E-state index contributed by atoms with van der Waals surface area (Å²) in [6, 6.07) is 11.1. The Morgan fingerprint density at radius 2 is 1.82 bits per heavy atom. The van der Waals surface area contributed by atoms with Gasteiger partial charge in [0.1, 0.15) is 10.6 Å². The highest BCUT2D eigenvalue weighted by molar-refractivity contribution is 14.1. The Morgan fingerprint density at radius 1 is 1.14 bits per heavy atom. The highest BCUT2D eigenvalue weighted by Gasteiger charge is 2.23. The molecule has 0 saturated carbocycles. The van der Waals surface area contributed by atoms with Gasteiger partial charge in [-0.1, -0.05) is 12.1 Å². The minimum atomic E-state index is -4.04. The molecular weight excluding hydrogens is 419 g/mol. The van der Waals surface area contributed by atoms with E-state index in [0.29, 0.717) is 5.56 Å². The Labute approximate surface area is 142 Å². The van der Waals surface area contributed by atoms with Crippen LogP contribution in [0, 0.1) is 10.5 Å². The zero-order chi connectivity index (χ0) is 16.3. The lowest BCUT2D eigenvalue weighted by molar-refractivity contribution is 0.0599. The van der Waals surface area contributed by atoms with Crippen LogP contribution in [0.3, 0.4) is 0 Å². The lowest BCUT2D eigenvalue weighted by atomic mass is 10.1. The Hall–Kier alpha value is -1.61. The predicted octanol–water partition coefficient (Wildman–Crippen LogP) is 3.15. The molecule has 0 aromatic heterocycles.